The summed E-state index contributed by atoms with van der Waals surface area (Å²) in [7, 11) is 0. The van der Waals surface area contributed by atoms with Crippen LogP contribution in [0.1, 0.15) is 34.0 Å². The first-order chi connectivity index (χ1) is 11.1. The highest BCUT2D eigenvalue weighted by Crippen LogP contribution is 2.34. The molecule has 0 spiro atoms. The maximum absolute atomic E-state index is 13.6. The molecule has 2 aromatic rings. The SMILES string of the molecule is Nc1c2c(nn1C(=O)C1CCNc3ccc(F)cc31)CNCC2. The van der Waals surface area contributed by atoms with E-state index in [1.807, 2.05) is 0 Å². The van der Waals surface area contributed by atoms with E-state index in [0.717, 1.165) is 29.9 Å². The fraction of sp³-hybridized carbons (Fsp3) is 0.375. The number of halogens is 1. The first-order valence-electron chi connectivity index (χ1n) is 7.79. The van der Waals surface area contributed by atoms with Gasteiger partial charge in [-0.1, -0.05) is 0 Å². The van der Waals surface area contributed by atoms with Gasteiger partial charge in [-0.15, -0.1) is 0 Å². The van der Waals surface area contributed by atoms with Crippen LogP contribution in [0.4, 0.5) is 15.9 Å². The number of hydrogen-bond acceptors (Lipinski definition) is 5. The summed E-state index contributed by atoms with van der Waals surface area (Å²) in [6, 6.07) is 4.49. The maximum atomic E-state index is 13.6. The van der Waals surface area contributed by atoms with Gasteiger partial charge in [0, 0.05) is 24.3 Å². The van der Waals surface area contributed by atoms with Gasteiger partial charge in [-0.05, 0) is 43.1 Å². The second-order valence-electron chi connectivity index (χ2n) is 5.99. The van der Waals surface area contributed by atoms with Crippen molar-refractivity contribution < 1.29 is 9.18 Å². The molecule has 23 heavy (non-hydrogen) atoms. The third-order valence-electron chi connectivity index (χ3n) is 4.59. The number of nitrogens with two attached hydrogens (primary N) is 1. The lowest BCUT2D eigenvalue weighted by Crippen LogP contribution is -2.28. The summed E-state index contributed by atoms with van der Waals surface area (Å²) in [5.74, 6) is -0.547. The van der Waals surface area contributed by atoms with Gasteiger partial charge in [0.1, 0.15) is 11.6 Å². The lowest BCUT2D eigenvalue weighted by atomic mass is 9.90. The summed E-state index contributed by atoms with van der Waals surface area (Å²) in [5, 5.41) is 10.8. The van der Waals surface area contributed by atoms with E-state index < -0.39 is 5.92 Å². The van der Waals surface area contributed by atoms with E-state index in [2.05, 4.69) is 15.7 Å². The van der Waals surface area contributed by atoms with Gasteiger partial charge < -0.3 is 16.4 Å². The first-order valence-corrected chi connectivity index (χ1v) is 7.79. The van der Waals surface area contributed by atoms with Crippen molar-refractivity contribution in [3.05, 3.63) is 40.8 Å². The fourth-order valence-corrected chi connectivity index (χ4v) is 3.41. The van der Waals surface area contributed by atoms with Crippen molar-refractivity contribution in [2.75, 3.05) is 24.1 Å². The van der Waals surface area contributed by atoms with Crippen LogP contribution in [-0.2, 0) is 13.0 Å². The normalized spacial score (nSPS) is 19.6. The molecule has 2 aliphatic rings. The molecule has 3 heterocycles. The average molecular weight is 315 g/mol. The number of carbonyl (C=O) groups is 1. The Hall–Kier alpha value is -2.41. The summed E-state index contributed by atoms with van der Waals surface area (Å²) in [4.78, 5) is 13.0. The molecule has 120 valence electrons. The van der Waals surface area contributed by atoms with E-state index in [-0.39, 0.29) is 11.7 Å². The standard InChI is InChI=1S/C16H18FN5O/c17-9-1-2-13-12(7-9)10(4-6-20-13)16(23)22-15(18)11-3-5-19-8-14(11)21-22/h1-2,7,10,19-20H,3-6,8,18H2. The van der Waals surface area contributed by atoms with Gasteiger partial charge in [-0.3, -0.25) is 4.79 Å². The van der Waals surface area contributed by atoms with Crippen LogP contribution in [0, 0.1) is 5.82 Å². The number of fused-ring (bicyclic) bond motifs is 2. The summed E-state index contributed by atoms with van der Waals surface area (Å²) < 4.78 is 14.9. The van der Waals surface area contributed by atoms with Gasteiger partial charge in [0.25, 0.3) is 5.91 Å². The number of benzene rings is 1. The summed E-state index contributed by atoms with van der Waals surface area (Å²) in [6.07, 6.45) is 1.36. The Morgan fingerprint density at radius 2 is 2.26 bits per heavy atom. The fourth-order valence-electron chi connectivity index (χ4n) is 3.41. The largest absolute Gasteiger partial charge is 0.385 e. The quantitative estimate of drug-likeness (QED) is 0.742. The number of hydrogen-bond donors (Lipinski definition) is 3. The lowest BCUT2D eigenvalue weighted by molar-refractivity contribution is 0.0859. The Labute approximate surface area is 132 Å². The monoisotopic (exact) mass is 315 g/mol. The molecule has 1 aromatic carbocycles. The molecular formula is C16H18FN5O. The Morgan fingerprint density at radius 1 is 1.39 bits per heavy atom. The van der Waals surface area contributed by atoms with Crippen LogP contribution in [0.25, 0.3) is 0 Å². The minimum atomic E-state index is -0.432. The molecule has 0 saturated heterocycles. The van der Waals surface area contributed by atoms with Crippen molar-refractivity contribution in [2.24, 2.45) is 0 Å². The Kier molecular flexibility index (Phi) is 3.30. The molecule has 6 nitrogen and oxygen atoms in total. The molecule has 0 saturated carbocycles. The number of anilines is 2. The van der Waals surface area contributed by atoms with Crippen LogP contribution < -0.4 is 16.4 Å². The molecule has 1 aromatic heterocycles. The number of nitrogen functional groups attached to an aromatic ring is 1. The Morgan fingerprint density at radius 3 is 3.09 bits per heavy atom. The molecule has 2 aliphatic heterocycles. The summed E-state index contributed by atoms with van der Waals surface area (Å²) in [5.41, 5.74) is 9.40. The number of aromatic nitrogens is 2. The first kappa shape index (κ1) is 14.2. The van der Waals surface area contributed by atoms with Gasteiger partial charge in [0.05, 0.1) is 11.6 Å². The van der Waals surface area contributed by atoms with Gasteiger partial charge in [-0.25, -0.2) is 4.39 Å². The average Bonchev–Trinajstić information content (AvgIpc) is 2.91. The van der Waals surface area contributed by atoms with Crippen LogP contribution in [-0.4, -0.2) is 28.8 Å². The van der Waals surface area contributed by atoms with Gasteiger partial charge in [-0.2, -0.15) is 9.78 Å². The van der Waals surface area contributed by atoms with Crippen molar-refractivity contribution in [2.45, 2.75) is 25.3 Å². The molecule has 1 unspecified atom stereocenters. The van der Waals surface area contributed by atoms with Gasteiger partial charge in [0.2, 0.25) is 0 Å². The minimum absolute atomic E-state index is 0.190. The summed E-state index contributed by atoms with van der Waals surface area (Å²) >= 11 is 0. The van der Waals surface area contributed by atoms with Crippen LogP contribution in [0.2, 0.25) is 0 Å². The molecule has 4 rings (SSSR count). The Balaban J connectivity index is 1.74. The van der Waals surface area contributed by atoms with Crippen molar-refractivity contribution in [3.8, 4) is 0 Å². The van der Waals surface area contributed by atoms with Crippen LogP contribution in [0.5, 0.6) is 0 Å². The molecule has 0 radical (unpaired) electrons. The number of nitrogens with zero attached hydrogens (tertiary/aromatic N) is 2. The van der Waals surface area contributed by atoms with E-state index in [4.69, 9.17) is 5.73 Å². The molecule has 0 aliphatic carbocycles. The second-order valence-corrected chi connectivity index (χ2v) is 5.99. The zero-order chi connectivity index (χ0) is 16.0. The highest BCUT2D eigenvalue weighted by Gasteiger charge is 2.31. The van der Waals surface area contributed by atoms with Crippen LogP contribution in [0.15, 0.2) is 18.2 Å². The topological polar surface area (TPSA) is 85.0 Å². The van der Waals surface area contributed by atoms with Crippen molar-refractivity contribution in [1.82, 2.24) is 15.1 Å². The third-order valence-corrected chi connectivity index (χ3v) is 4.59. The highest BCUT2D eigenvalue weighted by atomic mass is 19.1. The van der Waals surface area contributed by atoms with Gasteiger partial charge in [0.15, 0.2) is 0 Å². The predicted molar refractivity (Wildman–Crippen MR) is 84.9 cm³/mol. The van der Waals surface area contributed by atoms with E-state index in [1.54, 1.807) is 6.07 Å². The molecule has 0 fully saturated rings. The van der Waals surface area contributed by atoms with Crippen LogP contribution >= 0.6 is 0 Å². The van der Waals surface area contributed by atoms with Crippen molar-refractivity contribution in [3.63, 3.8) is 0 Å². The molecule has 4 N–H and O–H groups in total. The minimum Gasteiger partial charge on any atom is -0.385 e. The third kappa shape index (κ3) is 2.28. The maximum Gasteiger partial charge on any atom is 0.256 e. The number of carbonyl (C=O) groups excluding carboxylic acids is 1. The lowest BCUT2D eigenvalue weighted by Gasteiger charge is -2.25. The van der Waals surface area contributed by atoms with E-state index in [0.29, 0.717) is 30.9 Å². The second kappa shape index (κ2) is 5.34. The van der Waals surface area contributed by atoms with Crippen molar-refractivity contribution in [1.29, 1.82) is 0 Å². The number of rotatable bonds is 1. The van der Waals surface area contributed by atoms with E-state index in [9.17, 15) is 9.18 Å². The zero-order valence-electron chi connectivity index (χ0n) is 12.6. The molecular weight excluding hydrogens is 297 g/mol. The summed E-state index contributed by atoms with van der Waals surface area (Å²) in [6.45, 7) is 2.12. The number of nitrogens with one attached hydrogen (secondary N) is 2. The molecule has 0 amide bonds. The molecule has 7 heteroatoms. The predicted octanol–water partition coefficient (Wildman–Crippen LogP) is 1.49. The van der Waals surface area contributed by atoms with Crippen LogP contribution in [0.3, 0.4) is 0 Å². The highest BCUT2D eigenvalue weighted by molar-refractivity contribution is 5.90. The Bertz CT molecular complexity index is 785. The van der Waals surface area contributed by atoms with E-state index >= 15 is 0 Å². The zero-order valence-corrected chi connectivity index (χ0v) is 12.6. The van der Waals surface area contributed by atoms with Gasteiger partial charge >= 0.3 is 0 Å². The van der Waals surface area contributed by atoms with Crippen molar-refractivity contribution >= 4 is 17.4 Å². The van der Waals surface area contributed by atoms with E-state index in [1.165, 1.54) is 16.8 Å². The smallest absolute Gasteiger partial charge is 0.256 e. The molecule has 1 atom stereocenters. The molecule has 0 bridgehead atoms.